The molecule has 2 nitrogen and oxygen atoms in total. The second-order valence-corrected chi connectivity index (χ2v) is 4.89. The summed E-state index contributed by atoms with van der Waals surface area (Å²) in [6.07, 6.45) is 1.32. The van der Waals surface area contributed by atoms with Crippen molar-refractivity contribution in [3.63, 3.8) is 0 Å². The van der Waals surface area contributed by atoms with Crippen LogP contribution in [0.1, 0.15) is 27.2 Å². The van der Waals surface area contributed by atoms with Crippen LogP contribution in [-0.4, -0.2) is 26.2 Å². The van der Waals surface area contributed by atoms with Crippen LogP contribution in [0.25, 0.3) is 0 Å². The first kappa shape index (κ1) is 10.0. The highest BCUT2D eigenvalue weighted by atomic mass is 15.0. The standard InChI is InChI=1S/C10H22N2/c1-10(2,3)9(11-4)8-5-6-12-7-8/h8-9,11-12H,5-7H2,1-4H3. The summed E-state index contributed by atoms with van der Waals surface area (Å²) in [4.78, 5) is 0. The Bertz CT molecular complexity index is 131. The van der Waals surface area contributed by atoms with Crippen LogP contribution in [0, 0.1) is 11.3 Å². The van der Waals surface area contributed by atoms with E-state index in [2.05, 4.69) is 38.5 Å². The average Bonchev–Trinajstić information content (AvgIpc) is 2.38. The SMILES string of the molecule is CNC(C1CCNC1)C(C)(C)C. The van der Waals surface area contributed by atoms with Crippen LogP contribution in [0.4, 0.5) is 0 Å². The van der Waals surface area contributed by atoms with E-state index >= 15 is 0 Å². The molecule has 0 spiro atoms. The molecule has 0 aromatic heterocycles. The number of nitrogens with one attached hydrogen (secondary N) is 2. The van der Waals surface area contributed by atoms with Crippen molar-refractivity contribution in [2.45, 2.75) is 33.2 Å². The molecule has 0 saturated carbocycles. The topological polar surface area (TPSA) is 24.1 Å². The molecule has 1 aliphatic rings. The summed E-state index contributed by atoms with van der Waals surface area (Å²) >= 11 is 0. The highest BCUT2D eigenvalue weighted by Crippen LogP contribution is 2.28. The van der Waals surface area contributed by atoms with Crippen molar-refractivity contribution in [2.75, 3.05) is 20.1 Å². The highest BCUT2D eigenvalue weighted by Gasteiger charge is 2.32. The van der Waals surface area contributed by atoms with Crippen LogP contribution >= 0.6 is 0 Å². The zero-order valence-electron chi connectivity index (χ0n) is 8.78. The Morgan fingerprint density at radius 3 is 2.42 bits per heavy atom. The largest absolute Gasteiger partial charge is 0.316 e. The molecule has 2 atom stereocenters. The minimum Gasteiger partial charge on any atom is -0.316 e. The molecular formula is C10H22N2. The predicted octanol–water partition coefficient (Wildman–Crippen LogP) is 1.23. The second kappa shape index (κ2) is 3.75. The zero-order chi connectivity index (χ0) is 9.19. The maximum absolute atomic E-state index is 3.44. The summed E-state index contributed by atoms with van der Waals surface area (Å²) in [5, 5.41) is 6.86. The van der Waals surface area contributed by atoms with Gasteiger partial charge in [-0.25, -0.2) is 0 Å². The Morgan fingerprint density at radius 1 is 1.42 bits per heavy atom. The third kappa shape index (κ3) is 2.20. The lowest BCUT2D eigenvalue weighted by molar-refractivity contribution is 0.212. The molecule has 0 amide bonds. The molecule has 0 aromatic rings. The molecule has 2 unspecified atom stereocenters. The normalized spacial score (nSPS) is 27.5. The molecule has 1 heterocycles. The summed E-state index contributed by atoms with van der Waals surface area (Å²) < 4.78 is 0. The Balaban J connectivity index is 2.54. The molecule has 72 valence electrons. The van der Waals surface area contributed by atoms with Crippen LogP contribution in [0.2, 0.25) is 0 Å². The van der Waals surface area contributed by atoms with Crippen molar-refractivity contribution in [3.8, 4) is 0 Å². The summed E-state index contributed by atoms with van der Waals surface area (Å²) in [5.41, 5.74) is 0.380. The van der Waals surface area contributed by atoms with Gasteiger partial charge in [-0.3, -0.25) is 0 Å². The van der Waals surface area contributed by atoms with Crippen molar-refractivity contribution >= 4 is 0 Å². The van der Waals surface area contributed by atoms with Gasteiger partial charge in [-0.2, -0.15) is 0 Å². The van der Waals surface area contributed by atoms with E-state index in [0.29, 0.717) is 11.5 Å². The lowest BCUT2D eigenvalue weighted by atomic mass is 9.78. The Labute approximate surface area is 76.1 Å². The van der Waals surface area contributed by atoms with Gasteiger partial charge in [0.1, 0.15) is 0 Å². The van der Waals surface area contributed by atoms with Gasteiger partial charge in [0.25, 0.3) is 0 Å². The van der Waals surface area contributed by atoms with Crippen molar-refractivity contribution in [1.29, 1.82) is 0 Å². The molecule has 0 aliphatic carbocycles. The highest BCUT2D eigenvalue weighted by molar-refractivity contribution is 4.89. The van der Waals surface area contributed by atoms with Gasteiger partial charge >= 0.3 is 0 Å². The lowest BCUT2D eigenvalue weighted by Crippen LogP contribution is -2.44. The maximum Gasteiger partial charge on any atom is 0.0153 e. The molecule has 12 heavy (non-hydrogen) atoms. The summed E-state index contributed by atoms with van der Waals surface area (Å²) in [6, 6.07) is 0.646. The zero-order valence-corrected chi connectivity index (χ0v) is 8.78. The van der Waals surface area contributed by atoms with Crippen molar-refractivity contribution < 1.29 is 0 Å². The van der Waals surface area contributed by atoms with E-state index in [1.54, 1.807) is 0 Å². The molecular weight excluding hydrogens is 148 g/mol. The third-order valence-corrected chi connectivity index (χ3v) is 2.81. The molecule has 2 heteroatoms. The molecule has 1 aliphatic heterocycles. The Morgan fingerprint density at radius 2 is 2.08 bits per heavy atom. The molecule has 1 fully saturated rings. The van der Waals surface area contributed by atoms with E-state index in [-0.39, 0.29) is 0 Å². The average molecular weight is 170 g/mol. The van der Waals surface area contributed by atoms with Gasteiger partial charge in [-0.1, -0.05) is 20.8 Å². The van der Waals surface area contributed by atoms with Gasteiger partial charge in [0, 0.05) is 6.04 Å². The summed E-state index contributed by atoms with van der Waals surface area (Å²) in [5.74, 6) is 0.815. The van der Waals surface area contributed by atoms with E-state index < -0.39 is 0 Å². The number of rotatable bonds is 2. The fourth-order valence-corrected chi connectivity index (χ4v) is 2.34. The molecule has 0 bridgehead atoms. The number of hydrogen-bond donors (Lipinski definition) is 2. The van der Waals surface area contributed by atoms with Crippen molar-refractivity contribution in [2.24, 2.45) is 11.3 Å². The van der Waals surface area contributed by atoms with Gasteiger partial charge < -0.3 is 10.6 Å². The van der Waals surface area contributed by atoms with Crippen LogP contribution in [0.5, 0.6) is 0 Å². The Hall–Kier alpha value is -0.0800. The van der Waals surface area contributed by atoms with Gasteiger partial charge in [0.2, 0.25) is 0 Å². The lowest BCUT2D eigenvalue weighted by Gasteiger charge is -2.34. The fraction of sp³-hybridized carbons (Fsp3) is 1.00. The first-order valence-corrected chi connectivity index (χ1v) is 4.93. The van der Waals surface area contributed by atoms with Crippen LogP contribution < -0.4 is 10.6 Å². The fourth-order valence-electron chi connectivity index (χ4n) is 2.34. The van der Waals surface area contributed by atoms with Crippen molar-refractivity contribution in [1.82, 2.24) is 10.6 Å². The molecule has 0 radical (unpaired) electrons. The minimum absolute atomic E-state index is 0.380. The smallest absolute Gasteiger partial charge is 0.0153 e. The van der Waals surface area contributed by atoms with E-state index in [4.69, 9.17) is 0 Å². The van der Waals surface area contributed by atoms with E-state index in [1.165, 1.54) is 19.5 Å². The van der Waals surface area contributed by atoms with Crippen LogP contribution in [0.3, 0.4) is 0 Å². The first-order chi connectivity index (χ1) is 5.55. The number of hydrogen-bond acceptors (Lipinski definition) is 2. The molecule has 1 rings (SSSR count). The van der Waals surface area contributed by atoms with E-state index in [1.807, 2.05) is 0 Å². The van der Waals surface area contributed by atoms with Gasteiger partial charge in [-0.15, -0.1) is 0 Å². The van der Waals surface area contributed by atoms with Crippen LogP contribution in [-0.2, 0) is 0 Å². The second-order valence-electron chi connectivity index (χ2n) is 4.89. The maximum atomic E-state index is 3.44. The quantitative estimate of drug-likeness (QED) is 0.651. The molecule has 0 aromatic carbocycles. The Kier molecular flexibility index (Phi) is 3.13. The summed E-state index contributed by atoms with van der Waals surface area (Å²) in [7, 11) is 2.08. The van der Waals surface area contributed by atoms with Gasteiger partial charge in [0.15, 0.2) is 0 Å². The molecule has 1 saturated heterocycles. The van der Waals surface area contributed by atoms with Crippen molar-refractivity contribution in [3.05, 3.63) is 0 Å². The van der Waals surface area contributed by atoms with Crippen LogP contribution in [0.15, 0.2) is 0 Å². The minimum atomic E-state index is 0.380. The van der Waals surface area contributed by atoms with E-state index in [0.717, 1.165) is 5.92 Å². The summed E-state index contributed by atoms with van der Waals surface area (Å²) in [6.45, 7) is 9.31. The predicted molar refractivity (Wildman–Crippen MR) is 53.3 cm³/mol. The monoisotopic (exact) mass is 170 g/mol. The first-order valence-electron chi connectivity index (χ1n) is 4.93. The van der Waals surface area contributed by atoms with Gasteiger partial charge in [-0.05, 0) is 37.9 Å². The van der Waals surface area contributed by atoms with Gasteiger partial charge in [0.05, 0.1) is 0 Å². The molecule has 2 N–H and O–H groups in total. The van der Waals surface area contributed by atoms with E-state index in [9.17, 15) is 0 Å². The third-order valence-electron chi connectivity index (χ3n) is 2.81.